The zero-order valence-corrected chi connectivity index (χ0v) is 11.1. The van der Waals surface area contributed by atoms with E-state index in [0.717, 1.165) is 0 Å². The van der Waals surface area contributed by atoms with E-state index in [0.29, 0.717) is 5.57 Å². The van der Waals surface area contributed by atoms with Crippen LogP contribution in [0.4, 0.5) is 5.69 Å². The molecule has 1 aromatic rings. The van der Waals surface area contributed by atoms with Crippen LogP contribution in [0.25, 0.3) is 0 Å². The third kappa shape index (κ3) is 4.26. The molecule has 102 valence electrons. The second kappa shape index (κ2) is 6.75. The zero-order chi connectivity index (χ0) is 14.4. The third-order valence-electron chi connectivity index (χ3n) is 2.26. The minimum absolute atomic E-state index is 0.0574. The number of rotatable bonds is 5. The second-order valence-corrected chi connectivity index (χ2v) is 3.97. The van der Waals surface area contributed by atoms with Gasteiger partial charge < -0.3 is 9.47 Å². The lowest BCUT2D eigenvalue weighted by Gasteiger charge is -2.06. The summed E-state index contributed by atoms with van der Waals surface area (Å²) in [5.74, 6) is -0.279. The zero-order valence-electron chi connectivity index (χ0n) is 10.4. The van der Waals surface area contributed by atoms with E-state index in [-0.39, 0.29) is 23.1 Å². The van der Waals surface area contributed by atoms with Crippen LogP contribution >= 0.6 is 11.6 Å². The number of benzene rings is 1. The Balaban J connectivity index is 2.75. The average molecular weight is 286 g/mol. The van der Waals surface area contributed by atoms with E-state index in [1.807, 2.05) is 0 Å². The number of nitro groups is 1. The van der Waals surface area contributed by atoms with Gasteiger partial charge in [0.15, 0.2) is 0 Å². The van der Waals surface area contributed by atoms with Crippen LogP contribution in [0.3, 0.4) is 0 Å². The van der Waals surface area contributed by atoms with Crippen molar-refractivity contribution in [1.82, 2.24) is 0 Å². The molecule has 0 aromatic heterocycles. The van der Waals surface area contributed by atoms with Gasteiger partial charge in [-0.1, -0.05) is 11.6 Å². The van der Waals surface area contributed by atoms with E-state index in [1.165, 1.54) is 31.4 Å². The van der Waals surface area contributed by atoms with Crippen LogP contribution in [0, 0.1) is 10.1 Å². The number of non-ortho nitro benzene ring substituents is 1. The molecule has 1 rings (SSSR count). The molecular formula is C12H12ClNO5. The summed E-state index contributed by atoms with van der Waals surface area (Å²) >= 11 is 5.85. The molecule has 0 fully saturated rings. The van der Waals surface area contributed by atoms with Crippen molar-refractivity contribution in [2.45, 2.75) is 6.92 Å². The normalized spacial score (nSPS) is 11.0. The minimum atomic E-state index is -0.543. The van der Waals surface area contributed by atoms with Gasteiger partial charge in [0, 0.05) is 11.6 Å². The Hall–Kier alpha value is -2.08. The van der Waals surface area contributed by atoms with Gasteiger partial charge in [0.25, 0.3) is 5.69 Å². The van der Waals surface area contributed by atoms with E-state index in [1.54, 1.807) is 6.92 Å². The molecule has 0 saturated heterocycles. The summed E-state index contributed by atoms with van der Waals surface area (Å²) in [6, 6.07) is 3.89. The Morgan fingerprint density at radius 3 is 2.79 bits per heavy atom. The fourth-order valence-corrected chi connectivity index (χ4v) is 1.39. The van der Waals surface area contributed by atoms with Crippen LogP contribution in [0.15, 0.2) is 29.8 Å². The van der Waals surface area contributed by atoms with Gasteiger partial charge in [0.2, 0.25) is 0 Å². The van der Waals surface area contributed by atoms with Crippen LogP contribution in [-0.4, -0.2) is 24.6 Å². The van der Waals surface area contributed by atoms with E-state index in [2.05, 4.69) is 4.74 Å². The molecule has 0 aliphatic carbocycles. The summed E-state index contributed by atoms with van der Waals surface area (Å²) in [5, 5.41) is 10.9. The van der Waals surface area contributed by atoms with E-state index >= 15 is 0 Å². The van der Waals surface area contributed by atoms with Gasteiger partial charge >= 0.3 is 5.97 Å². The summed E-state index contributed by atoms with van der Waals surface area (Å²) < 4.78 is 9.78. The Morgan fingerprint density at radius 1 is 1.53 bits per heavy atom. The standard InChI is InChI=1S/C12H12ClNO5/c1-8(12(15)18-2)5-6-19-11-7-9(14(16)17)3-4-10(11)13/h3-5,7H,6H2,1-2H3. The van der Waals surface area contributed by atoms with Gasteiger partial charge in [-0.05, 0) is 19.1 Å². The highest BCUT2D eigenvalue weighted by Gasteiger charge is 2.10. The number of nitro benzene ring substituents is 1. The van der Waals surface area contributed by atoms with Gasteiger partial charge in [-0.2, -0.15) is 0 Å². The lowest BCUT2D eigenvalue weighted by atomic mass is 10.3. The van der Waals surface area contributed by atoms with Gasteiger partial charge in [-0.15, -0.1) is 0 Å². The van der Waals surface area contributed by atoms with Crippen molar-refractivity contribution in [3.05, 3.63) is 45.0 Å². The smallest absolute Gasteiger partial charge is 0.333 e. The molecule has 0 unspecified atom stereocenters. The summed E-state index contributed by atoms with van der Waals surface area (Å²) in [7, 11) is 1.28. The predicted octanol–water partition coefficient (Wildman–Crippen LogP) is 2.75. The van der Waals surface area contributed by atoms with E-state index < -0.39 is 10.9 Å². The summed E-state index contributed by atoms with van der Waals surface area (Å²) in [6.45, 7) is 1.63. The van der Waals surface area contributed by atoms with Crippen molar-refractivity contribution in [2.75, 3.05) is 13.7 Å². The fourth-order valence-electron chi connectivity index (χ4n) is 1.22. The number of carbonyl (C=O) groups excluding carboxylic acids is 1. The molecule has 0 aliphatic heterocycles. The van der Waals surface area contributed by atoms with Gasteiger partial charge in [0.05, 0.1) is 23.1 Å². The van der Waals surface area contributed by atoms with Crippen LogP contribution in [0.5, 0.6) is 5.75 Å². The number of esters is 1. The summed E-state index contributed by atoms with van der Waals surface area (Å²) in [5.41, 5.74) is 0.261. The van der Waals surface area contributed by atoms with E-state index in [9.17, 15) is 14.9 Å². The van der Waals surface area contributed by atoms with Crippen molar-refractivity contribution in [1.29, 1.82) is 0 Å². The highest BCUT2D eigenvalue weighted by molar-refractivity contribution is 6.32. The van der Waals surface area contributed by atoms with Crippen LogP contribution in [0.2, 0.25) is 5.02 Å². The largest absolute Gasteiger partial charge is 0.488 e. The van der Waals surface area contributed by atoms with Crippen molar-refractivity contribution in [2.24, 2.45) is 0 Å². The highest BCUT2D eigenvalue weighted by atomic mass is 35.5. The minimum Gasteiger partial charge on any atom is -0.488 e. The van der Waals surface area contributed by atoms with Crippen LogP contribution in [-0.2, 0) is 9.53 Å². The molecule has 0 amide bonds. The predicted molar refractivity (Wildman–Crippen MR) is 69.4 cm³/mol. The fraction of sp³-hybridized carbons (Fsp3) is 0.250. The van der Waals surface area contributed by atoms with Gasteiger partial charge in [-0.25, -0.2) is 4.79 Å². The number of ether oxygens (including phenoxy) is 2. The molecule has 0 radical (unpaired) electrons. The quantitative estimate of drug-likeness (QED) is 0.360. The highest BCUT2D eigenvalue weighted by Crippen LogP contribution is 2.28. The lowest BCUT2D eigenvalue weighted by molar-refractivity contribution is -0.384. The third-order valence-corrected chi connectivity index (χ3v) is 2.57. The average Bonchev–Trinajstić information content (AvgIpc) is 2.39. The molecular weight excluding hydrogens is 274 g/mol. The Labute approximate surface area is 114 Å². The first-order valence-corrected chi connectivity index (χ1v) is 5.65. The summed E-state index contributed by atoms with van der Waals surface area (Å²) in [4.78, 5) is 21.2. The molecule has 0 heterocycles. The number of methoxy groups -OCH3 is 1. The maximum atomic E-state index is 11.1. The maximum absolute atomic E-state index is 11.1. The molecule has 0 saturated carbocycles. The molecule has 0 N–H and O–H groups in total. The first kappa shape index (κ1) is 15.0. The Bertz CT molecular complexity index is 527. The van der Waals surface area contributed by atoms with Gasteiger partial charge in [0.1, 0.15) is 12.4 Å². The van der Waals surface area contributed by atoms with Crippen molar-refractivity contribution in [3.63, 3.8) is 0 Å². The van der Waals surface area contributed by atoms with Crippen molar-refractivity contribution in [3.8, 4) is 5.75 Å². The first-order valence-electron chi connectivity index (χ1n) is 5.27. The van der Waals surface area contributed by atoms with Crippen molar-refractivity contribution >= 4 is 23.3 Å². The number of carbonyl (C=O) groups is 1. The number of halogens is 1. The van der Waals surface area contributed by atoms with Crippen LogP contribution < -0.4 is 4.74 Å². The van der Waals surface area contributed by atoms with E-state index in [4.69, 9.17) is 16.3 Å². The van der Waals surface area contributed by atoms with Gasteiger partial charge in [-0.3, -0.25) is 10.1 Å². The topological polar surface area (TPSA) is 78.7 Å². The van der Waals surface area contributed by atoms with Crippen LogP contribution in [0.1, 0.15) is 6.92 Å². The molecule has 0 aliphatic rings. The number of nitrogens with zero attached hydrogens (tertiary/aromatic N) is 1. The Morgan fingerprint density at radius 2 is 2.21 bits per heavy atom. The molecule has 0 bridgehead atoms. The lowest BCUT2D eigenvalue weighted by Crippen LogP contribution is -2.04. The maximum Gasteiger partial charge on any atom is 0.333 e. The molecule has 0 atom stereocenters. The summed E-state index contributed by atoms with van der Waals surface area (Å²) in [6.07, 6.45) is 1.50. The molecule has 7 heteroatoms. The molecule has 19 heavy (non-hydrogen) atoms. The molecule has 1 aromatic carbocycles. The second-order valence-electron chi connectivity index (χ2n) is 3.56. The Kier molecular flexibility index (Phi) is 5.32. The van der Waals surface area contributed by atoms with Crippen molar-refractivity contribution < 1.29 is 19.2 Å². The number of hydrogen-bond acceptors (Lipinski definition) is 5. The number of hydrogen-bond donors (Lipinski definition) is 0. The molecule has 6 nitrogen and oxygen atoms in total. The SMILES string of the molecule is COC(=O)C(C)=CCOc1cc([N+](=O)[O-])ccc1Cl. The monoisotopic (exact) mass is 285 g/mol. The molecule has 0 spiro atoms. The first-order chi connectivity index (χ1) is 8.95.